The number of fused-ring (bicyclic) bond motifs is 1. The fourth-order valence-electron chi connectivity index (χ4n) is 2.46. The molecule has 124 valence electrons. The molecule has 7 heteroatoms. The first-order valence-electron chi connectivity index (χ1n) is 7.46. The van der Waals surface area contributed by atoms with Gasteiger partial charge in [-0.1, -0.05) is 19.1 Å². The second-order valence-corrected chi connectivity index (χ2v) is 6.84. The largest absolute Gasteiger partial charge is 0.465 e. The van der Waals surface area contributed by atoms with Crippen LogP contribution in [0, 0.1) is 4.77 Å². The van der Waals surface area contributed by atoms with Crippen LogP contribution in [0.1, 0.15) is 27.7 Å². The van der Waals surface area contributed by atoms with Gasteiger partial charge >= 0.3 is 5.97 Å². The second-order valence-electron chi connectivity index (χ2n) is 5.32. The van der Waals surface area contributed by atoms with Crippen molar-refractivity contribution in [3.05, 3.63) is 61.5 Å². The Labute approximate surface area is 147 Å². The normalized spacial score (nSPS) is 10.9. The van der Waals surface area contributed by atoms with Gasteiger partial charge in [-0.3, -0.25) is 9.36 Å². The monoisotopic (exact) mass is 360 g/mol. The number of aromatic nitrogens is 2. The molecule has 0 aliphatic rings. The summed E-state index contributed by atoms with van der Waals surface area (Å²) in [6, 6.07) is 8.87. The first kappa shape index (κ1) is 16.6. The van der Waals surface area contributed by atoms with Gasteiger partial charge < -0.3 is 9.72 Å². The minimum Gasteiger partial charge on any atom is -0.465 e. The van der Waals surface area contributed by atoms with Crippen LogP contribution in [0.15, 0.2) is 35.1 Å². The molecule has 0 bridgehead atoms. The number of nitrogens with zero attached hydrogens (tertiary/aromatic N) is 1. The Balaban J connectivity index is 1.99. The van der Waals surface area contributed by atoms with E-state index in [1.165, 1.54) is 11.7 Å². The van der Waals surface area contributed by atoms with Crippen molar-refractivity contribution in [1.29, 1.82) is 0 Å². The number of H-pyrrole nitrogens is 1. The van der Waals surface area contributed by atoms with Gasteiger partial charge in [0.15, 0.2) is 4.77 Å². The van der Waals surface area contributed by atoms with Crippen LogP contribution in [0.5, 0.6) is 0 Å². The van der Waals surface area contributed by atoms with Crippen molar-refractivity contribution < 1.29 is 9.53 Å². The summed E-state index contributed by atoms with van der Waals surface area (Å²) in [4.78, 5) is 29.3. The van der Waals surface area contributed by atoms with E-state index in [0.717, 1.165) is 21.7 Å². The number of carbonyl (C=O) groups is 1. The van der Waals surface area contributed by atoms with Gasteiger partial charge in [0.1, 0.15) is 4.83 Å². The van der Waals surface area contributed by atoms with Crippen LogP contribution >= 0.6 is 23.6 Å². The van der Waals surface area contributed by atoms with E-state index >= 15 is 0 Å². The maximum absolute atomic E-state index is 12.7. The molecule has 3 rings (SSSR count). The van der Waals surface area contributed by atoms with Crippen molar-refractivity contribution in [1.82, 2.24) is 9.55 Å². The maximum Gasteiger partial charge on any atom is 0.337 e. The first-order valence-corrected chi connectivity index (χ1v) is 8.68. The number of aromatic amines is 1. The summed E-state index contributed by atoms with van der Waals surface area (Å²) in [5, 5.41) is 0.664. The molecule has 0 aliphatic carbocycles. The number of aryl methyl sites for hydroxylation is 1. The number of thiophene rings is 1. The maximum atomic E-state index is 12.7. The molecule has 0 fully saturated rings. The van der Waals surface area contributed by atoms with Crippen LogP contribution in [0.25, 0.3) is 10.2 Å². The molecule has 0 saturated heterocycles. The smallest absolute Gasteiger partial charge is 0.337 e. The van der Waals surface area contributed by atoms with E-state index in [2.05, 4.69) is 16.6 Å². The molecular weight excluding hydrogens is 344 g/mol. The summed E-state index contributed by atoms with van der Waals surface area (Å²) in [5.41, 5.74) is 1.26. The fourth-order valence-corrected chi connectivity index (χ4v) is 3.76. The SMILES string of the molecule is CCc1cc2c(=O)n(Cc3ccc(C(=O)OC)cc3)c(=S)[nH]c2s1. The van der Waals surface area contributed by atoms with Gasteiger partial charge in [-0.25, -0.2) is 4.79 Å². The summed E-state index contributed by atoms with van der Waals surface area (Å²) < 4.78 is 6.62. The average molecular weight is 360 g/mol. The number of esters is 1. The van der Waals surface area contributed by atoms with E-state index in [4.69, 9.17) is 12.2 Å². The number of rotatable bonds is 4. The fraction of sp³-hybridized carbons (Fsp3) is 0.235. The third kappa shape index (κ3) is 3.05. The van der Waals surface area contributed by atoms with E-state index in [-0.39, 0.29) is 11.5 Å². The van der Waals surface area contributed by atoms with Crippen molar-refractivity contribution in [2.75, 3.05) is 7.11 Å². The number of methoxy groups -OCH3 is 1. The molecular formula is C17H16N2O3S2. The van der Waals surface area contributed by atoms with E-state index in [1.54, 1.807) is 35.6 Å². The van der Waals surface area contributed by atoms with Gasteiger partial charge in [-0.15, -0.1) is 11.3 Å². The van der Waals surface area contributed by atoms with Crippen molar-refractivity contribution >= 4 is 39.7 Å². The van der Waals surface area contributed by atoms with Gasteiger partial charge in [-0.05, 0) is 42.4 Å². The molecule has 24 heavy (non-hydrogen) atoms. The van der Waals surface area contributed by atoms with Gasteiger partial charge in [0.2, 0.25) is 0 Å². The Morgan fingerprint density at radius 2 is 2.04 bits per heavy atom. The van der Waals surface area contributed by atoms with E-state index in [0.29, 0.717) is 22.3 Å². The van der Waals surface area contributed by atoms with Gasteiger partial charge in [0.25, 0.3) is 5.56 Å². The van der Waals surface area contributed by atoms with Crippen LogP contribution < -0.4 is 5.56 Å². The topological polar surface area (TPSA) is 64.1 Å². The van der Waals surface area contributed by atoms with Crippen LogP contribution in [0.4, 0.5) is 0 Å². The minimum absolute atomic E-state index is 0.0956. The summed E-state index contributed by atoms with van der Waals surface area (Å²) >= 11 is 6.90. The van der Waals surface area contributed by atoms with Crippen molar-refractivity contribution in [3.8, 4) is 0 Å². The van der Waals surface area contributed by atoms with Crippen molar-refractivity contribution in [2.24, 2.45) is 0 Å². The Bertz CT molecular complexity index is 1010. The zero-order valence-corrected chi connectivity index (χ0v) is 14.9. The highest BCUT2D eigenvalue weighted by molar-refractivity contribution is 7.71. The quantitative estimate of drug-likeness (QED) is 0.571. The molecule has 0 amide bonds. The van der Waals surface area contributed by atoms with Crippen LogP contribution in [0.3, 0.4) is 0 Å². The lowest BCUT2D eigenvalue weighted by Crippen LogP contribution is -2.22. The van der Waals surface area contributed by atoms with Crippen LogP contribution in [-0.2, 0) is 17.7 Å². The highest BCUT2D eigenvalue weighted by atomic mass is 32.1. The summed E-state index contributed by atoms with van der Waals surface area (Å²) in [6.45, 7) is 2.41. The number of benzene rings is 1. The van der Waals surface area contributed by atoms with Crippen molar-refractivity contribution in [3.63, 3.8) is 0 Å². The van der Waals surface area contributed by atoms with Crippen LogP contribution in [-0.4, -0.2) is 22.6 Å². The standard InChI is InChI=1S/C17H16N2O3S2/c1-3-12-8-13-14(24-12)18-17(23)19(15(13)20)9-10-4-6-11(7-5-10)16(21)22-2/h4-8H,3,9H2,1-2H3,(H,18,23). The lowest BCUT2D eigenvalue weighted by Gasteiger charge is -2.07. The first-order chi connectivity index (χ1) is 11.5. The zero-order valence-electron chi connectivity index (χ0n) is 13.3. The lowest BCUT2D eigenvalue weighted by molar-refractivity contribution is 0.0600. The predicted molar refractivity (Wildman–Crippen MR) is 97.5 cm³/mol. The number of hydrogen-bond donors (Lipinski definition) is 1. The Morgan fingerprint density at radius 3 is 2.67 bits per heavy atom. The lowest BCUT2D eigenvalue weighted by atomic mass is 10.1. The number of hydrogen-bond acceptors (Lipinski definition) is 5. The van der Waals surface area contributed by atoms with Gasteiger partial charge in [0.05, 0.1) is 24.6 Å². The molecule has 5 nitrogen and oxygen atoms in total. The highest BCUT2D eigenvalue weighted by Gasteiger charge is 2.10. The average Bonchev–Trinajstić information content (AvgIpc) is 3.01. The summed E-state index contributed by atoms with van der Waals surface area (Å²) in [6.07, 6.45) is 0.883. The Morgan fingerprint density at radius 1 is 1.33 bits per heavy atom. The molecule has 0 spiro atoms. The predicted octanol–water partition coefficient (Wildman–Crippen LogP) is 3.52. The molecule has 0 aliphatic heterocycles. The number of nitrogens with one attached hydrogen (secondary N) is 1. The van der Waals surface area contributed by atoms with E-state index in [1.807, 2.05) is 6.07 Å². The molecule has 0 radical (unpaired) electrons. The van der Waals surface area contributed by atoms with E-state index < -0.39 is 0 Å². The zero-order chi connectivity index (χ0) is 17.3. The minimum atomic E-state index is -0.386. The third-order valence-electron chi connectivity index (χ3n) is 3.79. The molecule has 1 N–H and O–H groups in total. The molecule has 0 saturated carbocycles. The van der Waals surface area contributed by atoms with Crippen molar-refractivity contribution in [2.45, 2.75) is 19.9 Å². The molecule has 2 heterocycles. The molecule has 1 aromatic carbocycles. The second kappa shape index (κ2) is 6.70. The van der Waals surface area contributed by atoms with Gasteiger partial charge in [0, 0.05) is 4.88 Å². The van der Waals surface area contributed by atoms with Crippen LogP contribution in [0.2, 0.25) is 0 Å². The highest BCUT2D eigenvalue weighted by Crippen LogP contribution is 2.21. The molecule has 3 aromatic rings. The molecule has 0 unspecified atom stereocenters. The Kier molecular flexibility index (Phi) is 4.64. The summed E-state index contributed by atoms with van der Waals surface area (Å²) in [5.74, 6) is -0.386. The summed E-state index contributed by atoms with van der Waals surface area (Å²) in [7, 11) is 1.34. The van der Waals surface area contributed by atoms with E-state index in [9.17, 15) is 9.59 Å². The number of carbonyl (C=O) groups excluding carboxylic acids is 1. The molecule has 0 atom stereocenters. The third-order valence-corrected chi connectivity index (χ3v) is 5.31. The number of ether oxygens (including phenoxy) is 1. The molecule has 2 aromatic heterocycles. The Hall–Kier alpha value is -2.25. The van der Waals surface area contributed by atoms with Gasteiger partial charge in [-0.2, -0.15) is 0 Å².